The van der Waals surface area contributed by atoms with Gasteiger partial charge in [-0.25, -0.2) is 0 Å². The maximum Gasteiger partial charge on any atom is 0.251 e. The minimum Gasteiger partial charge on any atom is -0.396 e. The van der Waals surface area contributed by atoms with Crippen molar-refractivity contribution in [3.63, 3.8) is 0 Å². The Morgan fingerprint density at radius 1 is 1.12 bits per heavy atom. The lowest BCUT2D eigenvalue weighted by Crippen LogP contribution is -2.25. The highest BCUT2D eigenvalue weighted by Crippen LogP contribution is 2.15. The van der Waals surface area contributed by atoms with Gasteiger partial charge in [-0.3, -0.25) is 9.69 Å². The highest BCUT2D eigenvalue weighted by atomic mass is 35.5. The van der Waals surface area contributed by atoms with Crippen molar-refractivity contribution >= 4 is 17.5 Å². The summed E-state index contributed by atoms with van der Waals surface area (Å²) in [6.45, 7) is 2.47. The lowest BCUT2D eigenvalue weighted by molar-refractivity contribution is 0.0963. The van der Waals surface area contributed by atoms with Gasteiger partial charge in [0.1, 0.15) is 0 Å². The Morgan fingerprint density at radius 2 is 1.83 bits per heavy atom. The van der Waals surface area contributed by atoms with Gasteiger partial charge in [-0.1, -0.05) is 35.9 Å². The molecule has 0 radical (unpaired) electrons. The zero-order chi connectivity index (χ0) is 17.4. The first-order valence-electron chi connectivity index (χ1n) is 8.01. The number of nitrogens with one attached hydrogen (secondary N) is 1. The molecule has 0 unspecified atom stereocenters. The van der Waals surface area contributed by atoms with E-state index >= 15 is 0 Å². The van der Waals surface area contributed by atoms with Crippen molar-refractivity contribution in [3.05, 3.63) is 70.2 Å². The third-order valence-corrected chi connectivity index (χ3v) is 4.01. The van der Waals surface area contributed by atoms with E-state index in [-0.39, 0.29) is 12.5 Å². The maximum absolute atomic E-state index is 11.6. The number of aliphatic hydroxyl groups excluding tert-OH is 1. The minimum absolute atomic E-state index is 0.0855. The number of nitrogens with zero attached hydrogens (tertiary/aromatic N) is 1. The maximum atomic E-state index is 11.6. The van der Waals surface area contributed by atoms with Crippen LogP contribution < -0.4 is 5.32 Å². The van der Waals surface area contributed by atoms with Crippen LogP contribution in [0.5, 0.6) is 0 Å². The fourth-order valence-electron chi connectivity index (χ4n) is 2.57. The van der Waals surface area contributed by atoms with E-state index in [0.29, 0.717) is 5.56 Å². The van der Waals surface area contributed by atoms with Gasteiger partial charge in [0.05, 0.1) is 0 Å². The van der Waals surface area contributed by atoms with Crippen molar-refractivity contribution in [2.75, 3.05) is 20.2 Å². The fourth-order valence-corrected chi connectivity index (χ4v) is 2.78. The van der Waals surface area contributed by atoms with Crippen LogP contribution in [0.2, 0.25) is 5.02 Å². The second kappa shape index (κ2) is 9.42. The van der Waals surface area contributed by atoms with Crippen LogP contribution in [0, 0.1) is 0 Å². The Kier molecular flexibility index (Phi) is 7.25. The third-order valence-electron chi connectivity index (χ3n) is 3.78. The van der Waals surface area contributed by atoms with Crippen molar-refractivity contribution in [1.29, 1.82) is 0 Å². The van der Waals surface area contributed by atoms with Gasteiger partial charge in [0.15, 0.2) is 0 Å². The summed E-state index contributed by atoms with van der Waals surface area (Å²) < 4.78 is 0. The van der Waals surface area contributed by atoms with E-state index in [1.807, 2.05) is 48.5 Å². The van der Waals surface area contributed by atoms with Gasteiger partial charge in [0.25, 0.3) is 5.91 Å². The van der Waals surface area contributed by atoms with Crippen LogP contribution in [0.4, 0.5) is 0 Å². The zero-order valence-corrected chi connectivity index (χ0v) is 14.6. The average molecular weight is 347 g/mol. The van der Waals surface area contributed by atoms with Crippen molar-refractivity contribution in [1.82, 2.24) is 10.2 Å². The Hall–Kier alpha value is -1.88. The molecule has 0 atom stereocenters. The molecule has 5 heteroatoms. The summed E-state index contributed by atoms with van der Waals surface area (Å²) in [6, 6.07) is 15.4. The van der Waals surface area contributed by atoms with Crippen LogP contribution in [0.1, 0.15) is 27.9 Å². The second-order valence-electron chi connectivity index (χ2n) is 5.69. The normalized spacial score (nSPS) is 10.8. The lowest BCUT2D eigenvalue weighted by atomic mass is 10.1. The molecule has 0 fully saturated rings. The Morgan fingerprint density at radius 3 is 2.46 bits per heavy atom. The molecule has 0 aliphatic heterocycles. The summed E-state index contributed by atoms with van der Waals surface area (Å²) in [5.41, 5.74) is 2.92. The summed E-state index contributed by atoms with van der Waals surface area (Å²) in [5.74, 6) is -0.0855. The first kappa shape index (κ1) is 18.5. The molecule has 0 aliphatic carbocycles. The summed E-state index contributed by atoms with van der Waals surface area (Å²) >= 11 is 6.06. The van der Waals surface area contributed by atoms with Crippen LogP contribution in [0.15, 0.2) is 48.5 Å². The van der Waals surface area contributed by atoms with Crippen LogP contribution >= 0.6 is 11.6 Å². The van der Waals surface area contributed by atoms with Gasteiger partial charge in [-0.15, -0.1) is 0 Å². The Bertz CT molecular complexity index is 659. The summed E-state index contributed by atoms with van der Waals surface area (Å²) in [7, 11) is 1.62. The molecule has 0 saturated carbocycles. The van der Waals surface area contributed by atoms with Crippen molar-refractivity contribution in [3.8, 4) is 0 Å². The number of hydrogen-bond acceptors (Lipinski definition) is 3. The number of aliphatic hydroxyl groups is 1. The molecule has 4 nitrogen and oxygen atoms in total. The Labute approximate surface area is 148 Å². The molecule has 2 N–H and O–H groups in total. The molecule has 2 rings (SSSR count). The predicted molar refractivity (Wildman–Crippen MR) is 97.1 cm³/mol. The predicted octanol–water partition coefficient (Wildman–Crippen LogP) is 3.08. The smallest absolute Gasteiger partial charge is 0.251 e. The highest BCUT2D eigenvalue weighted by Gasteiger charge is 2.09. The molecule has 2 aromatic carbocycles. The minimum atomic E-state index is -0.0855. The fraction of sp³-hybridized carbons (Fsp3) is 0.316. The molecule has 1 amide bonds. The van der Waals surface area contributed by atoms with Gasteiger partial charge in [-0.2, -0.15) is 0 Å². The third kappa shape index (κ3) is 5.64. The number of rotatable bonds is 8. The monoisotopic (exact) mass is 346 g/mol. The number of amides is 1. The molecule has 0 bridgehead atoms. The van der Waals surface area contributed by atoms with Gasteiger partial charge < -0.3 is 10.4 Å². The molecule has 24 heavy (non-hydrogen) atoms. The molecule has 0 spiro atoms. The van der Waals surface area contributed by atoms with Crippen LogP contribution in [-0.4, -0.2) is 36.1 Å². The summed E-state index contributed by atoms with van der Waals surface area (Å²) in [4.78, 5) is 13.9. The number of carbonyl (C=O) groups excluding carboxylic acids is 1. The molecular weight excluding hydrogens is 324 g/mol. The molecule has 0 saturated heterocycles. The van der Waals surface area contributed by atoms with E-state index in [1.54, 1.807) is 7.05 Å². The first-order chi connectivity index (χ1) is 11.6. The number of carbonyl (C=O) groups is 1. The highest BCUT2D eigenvalue weighted by molar-refractivity contribution is 6.30. The largest absolute Gasteiger partial charge is 0.396 e. The van der Waals surface area contributed by atoms with Crippen LogP contribution in [0.3, 0.4) is 0 Å². The topological polar surface area (TPSA) is 52.6 Å². The van der Waals surface area contributed by atoms with Crippen LogP contribution in [0.25, 0.3) is 0 Å². The molecular formula is C19H23ClN2O2. The van der Waals surface area contributed by atoms with Crippen molar-refractivity contribution in [2.24, 2.45) is 0 Å². The summed E-state index contributed by atoms with van der Waals surface area (Å²) in [6.07, 6.45) is 0.719. The summed E-state index contributed by atoms with van der Waals surface area (Å²) in [5, 5.41) is 12.5. The second-order valence-corrected chi connectivity index (χ2v) is 6.13. The Balaban J connectivity index is 2.06. The van der Waals surface area contributed by atoms with Gasteiger partial charge in [0.2, 0.25) is 0 Å². The van der Waals surface area contributed by atoms with E-state index in [4.69, 9.17) is 16.7 Å². The van der Waals surface area contributed by atoms with Gasteiger partial charge in [0, 0.05) is 43.9 Å². The first-order valence-corrected chi connectivity index (χ1v) is 8.39. The van der Waals surface area contributed by atoms with Crippen molar-refractivity contribution < 1.29 is 9.90 Å². The number of halogens is 1. The average Bonchev–Trinajstić information content (AvgIpc) is 2.59. The van der Waals surface area contributed by atoms with Gasteiger partial charge >= 0.3 is 0 Å². The zero-order valence-electron chi connectivity index (χ0n) is 13.8. The molecule has 0 heterocycles. The quantitative estimate of drug-likeness (QED) is 0.772. The molecule has 128 valence electrons. The van der Waals surface area contributed by atoms with E-state index < -0.39 is 0 Å². The van der Waals surface area contributed by atoms with E-state index in [2.05, 4.69) is 10.2 Å². The number of benzene rings is 2. The van der Waals surface area contributed by atoms with E-state index in [1.165, 1.54) is 0 Å². The number of hydrogen-bond donors (Lipinski definition) is 2. The van der Waals surface area contributed by atoms with Crippen molar-refractivity contribution in [2.45, 2.75) is 19.5 Å². The standard InChI is InChI=1S/C19H23ClN2O2/c1-21-19(24)17-8-6-15(7-9-17)13-22(10-3-11-23)14-16-4-2-5-18(20)12-16/h2,4-9,12,23H,3,10-11,13-14H2,1H3,(H,21,24). The molecule has 0 aromatic heterocycles. The van der Waals surface area contributed by atoms with Crippen LogP contribution in [-0.2, 0) is 13.1 Å². The SMILES string of the molecule is CNC(=O)c1ccc(CN(CCCO)Cc2cccc(Cl)c2)cc1. The van der Waals surface area contributed by atoms with Gasteiger partial charge in [-0.05, 0) is 41.8 Å². The van der Waals surface area contributed by atoms with E-state index in [9.17, 15) is 4.79 Å². The molecule has 2 aromatic rings. The van der Waals surface area contributed by atoms with E-state index in [0.717, 1.165) is 42.2 Å². The molecule has 0 aliphatic rings. The lowest BCUT2D eigenvalue weighted by Gasteiger charge is -2.22.